The molecule has 0 aliphatic carbocycles. The normalized spacial score (nSPS) is 10.0. The summed E-state index contributed by atoms with van der Waals surface area (Å²) in [5, 5.41) is 2.25. The lowest BCUT2D eigenvalue weighted by atomic mass is 10.3. The second-order valence-electron chi connectivity index (χ2n) is 2.28. The highest BCUT2D eigenvalue weighted by molar-refractivity contribution is 9.10. The van der Waals surface area contributed by atoms with Crippen molar-refractivity contribution in [2.75, 3.05) is 5.32 Å². The van der Waals surface area contributed by atoms with Gasteiger partial charge in [0.05, 0.1) is 5.69 Å². The van der Waals surface area contributed by atoms with E-state index in [1.165, 1.54) is 12.1 Å². The molecule has 0 fully saturated rings. The van der Waals surface area contributed by atoms with Crippen LogP contribution in [0, 0.1) is 0 Å². The van der Waals surface area contributed by atoms with Crippen LogP contribution in [-0.4, -0.2) is 13.0 Å². The van der Waals surface area contributed by atoms with Crippen LogP contribution < -0.4 is 10.1 Å². The van der Waals surface area contributed by atoms with E-state index in [0.29, 0.717) is 10.9 Å². The summed E-state index contributed by atoms with van der Waals surface area (Å²) in [7, 11) is 0. The number of ether oxygens (including phenoxy) is 1. The predicted octanol–water partition coefficient (Wildman–Crippen LogP) is 2.62. The van der Waals surface area contributed by atoms with Crippen LogP contribution in [0.25, 0.3) is 0 Å². The van der Waals surface area contributed by atoms with Crippen LogP contribution in [-0.2, 0) is 4.79 Å². The van der Waals surface area contributed by atoms with Crippen LogP contribution in [0.4, 0.5) is 14.5 Å². The Kier molecular flexibility index (Phi) is 3.82. The first-order valence-electron chi connectivity index (χ1n) is 3.58. The third-order valence-corrected chi connectivity index (χ3v) is 1.87. The number of hydrogen-bond acceptors (Lipinski definition) is 2. The zero-order chi connectivity index (χ0) is 10.6. The van der Waals surface area contributed by atoms with Crippen molar-refractivity contribution >= 4 is 28.0 Å². The Balaban J connectivity index is 2.96. The molecule has 0 saturated heterocycles. The number of hydrogen-bond donors (Lipinski definition) is 1. The molecule has 0 heterocycles. The minimum atomic E-state index is -2.92. The summed E-state index contributed by atoms with van der Waals surface area (Å²) in [5.74, 6) is -0.0820. The van der Waals surface area contributed by atoms with Gasteiger partial charge >= 0.3 is 6.61 Å². The van der Waals surface area contributed by atoms with E-state index in [1.54, 1.807) is 6.07 Å². The van der Waals surface area contributed by atoms with Crippen molar-refractivity contribution in [1.82, 2.24) is 0 Å². The molecule has 0 aliphatic heterocycles. The van der Waals surface area contributed by atoms with Gasteiger partial charge in [0.2, 0.25) is 6.41 Å². The van der Waals surface area contributed by atoms with E-state index < -0.39 is 6.61 Å². The number of halogens is 3. The SMILES string of the molecule is O=CNc1ccc(Br)cc1OC(F)F. The molecule has 0 unspecified atom stereocenters. The van der Waals surface area contributed by atoms with Gasteiger partial charge in [0.25, 0.3) is 0 Å². The van der Waals surface area contributed by atoms with Crippen molar-refractivity contribution in [1.29, 1.82) is 0 Å². The van der Waals surface area contributed by atoms with E-state index in [-0.39, 0.29) is 11.4 Å². The average Bonchev–Trinajstić information content (AvgIpc) is 2.09. The predicted molar refractivity (Wildman–Crippen MR) is 50.5 cm³/mol. The third kappa shape index (κ3) is 2.95. The maximum absolute atomic E-state index is 11.9. The van der Waals surface area contributed by atoms with Gasteiger partial charge in [-0.25, -0.2) is 0 Å². The van der Waals surface area contributed by atoms with Gasteiger partial charge in [0, 0.05) is 4.47 Å². The largest absolute Gasteiger partial charge is 0.433 e. The molecule has 1 rings (SSSR count). The Labute approximate surface area is 87.2 Å². The number of alkyl halides is 2. The molecule has 0 aromatic heterocycles. The summed E-state index contributed by atoms with van der Waals surface area (Å²) in [6.07, 6.45) is 0.390. The van der Waals surface area contributed by atoms with Crippen LogP contribution in [0.2, 0.25) is 0 Å². The van der Waals surface area contributed by atoms with Crippen molar-refractivity contribution in [3.63, 3.8) is 0 Å². The topological polar surface area (TPSA) is 38.3 Å². The fourth-order valence-corrected chi connectivity index (χ4v) is 1.21. The second-order valence-corrected chi connectivity index (χ2v) is 3.20. The van der Waals surface area contributed by atoms with Crippen LogP contribution >= 0.6 is 15.9 Å². The van der Waals surface area contributed by atoms with Gasteiger partial charge in [0.15, 0.2) is 5.75 Å². The number of benzene rings is 1. The van der Waals surface area contributed by atoms with Crippen molar-refractivity contribution in [2.24, 2.45) is 0 Å². The van der Waals surface area contributed by atoms with Crippen LogP contribution in [0.3, 0.4) is 0 Å². The number of carbonyl (C=O) groups excluding carboxylic acids is 1. The summed E-state index contributed by atoms with van der Waals surface area (Å²) >= 11 is 3.10. The summed E-state index contributed by atoms with van der Waals surface area (Å²) < 4.78 is 28.6. The van der Waals surface area contributed by atoms with E-state index in [0.717, 1.165) is 0 Å². The first-order chi connectivity index (χ1) is 6.63. The maximum atomic E-state index is 11.9. The van der Waals surface area contributed by atoms with Crippen molar-refractivity contribution in [2.45, 2.75) is 6.61 Å². The Morgan fingerprint density at radius 2 is 2.21 bits per heavy atom. The molecule has 6 heteroatoms. The zero-order valence-corrected chi connectivity index (χ0v) is 8.42. The van der Waals surface area contributed by atoms with Gasteiger partial charge in [-0.05, 0) is 18.2 Å². The molecule has 0 saturated carbocycles. The van der Waals surface area contributed by atoms with Gasteiger partial charge in [-0.1, -0.05) is 15.9 Å². The first-order valence-corrected chi connectivity index (χ1v) is 4.37. The molecule has 1 N–H and O–H groups in total. The lowest BCUT2D eigenvalue weighted by molar-refractivity contribution is -0.105. The van der Waals surface area contributed by atoms with Gasteiger partial charge in [-0.2, -0.15) is 8.78 Å². The maximum Gasteiger partial charge on any atom is 0.387 e. The van der Waals surface area contributed by atoms with Crippen LogP contribution in [0.5, 0.6) is 5.75 Å². The Morgan fingerprint density at radius 1 is 1.50 bits per heavy atom. The molecular formula is C8H6BrF2NO2. The van der Waals surface area contributed by atoms with E-state index in [9.17, 15) is 13.6 Å². The molecule has 1 amide bonds. The van der Waals surface area contributed by atoms with Crippen molar-refractivity contribution in [3.8, 4) is 5.75 Å². The number of nitrogens with one attached hydrogen (secondary N) is 1. The summed E-state index contributed by atoms with van der Waals surface area (Å²) in [6, 6.07) is 4.40. The van der Waals surface area contributed by atoms with Crippen molar-refractivity contribution in [3.05, 3.63) is 22.7 Å². The average molecular weight is 266 g/mol. The fraction of sp³-hybridized carbons (Fsp3) is 0.125. The van der Waals surface area contributed by atoms with E-state index in [1.807, 2.05) is 0 Å². The summed E-state index contributed by atoms with van der Waals surface area (Å²) in [6.45, 7) is -2.92. The number of rotatable bonds is 4. The molecule has 14 heavy (non-hydrogen) atoms. The standard InChI is InChI=1S/C8H6BrF2NO2/c9-5-1-2-6(12-4-13)7(3-5)14-8(10)11/h1-4,8H,(H,12,13). The number of amides is 1. The van der Waals surface area contributed by atoms with Crippen LogP contribution in [0.1, 0.15) is 0 Å². The molecular weight excluding hydrogens is 260 g/mol. The molecule has 0 radical (unpaired) electrons. The zero-order valence-electron chi connectivity index (χ0n) is 6.84. The minimum absolute atomic E-state index is 0.0820. The molecule has 0 spiro atoms. The van der Waals surface area contributed by atoms with Crippen LogP contribution in [0.15, 0.2) is 22.7 Å². The molecule has 76 valence electrons. The minimum Gasteiger partial charge on any atom is -0.433 e. The number of carbonyl (C=O) groups is 1. The third-order valence-electron chi connectivity index (χ3n) is 1.37. The monoisotopic (exact) mass is 265 g/mol. The highest BCUT2D eigenvalue weighted by Crippen LogP contribution is 2.29. The molecule has 0 aliphatic rings. The summed E-state index contributed by atoms with van der Waals surface area (Å²) in [4.78, 5) is 10.1. The van der Waals surface area contributed by atoms with Gasteiger partial charge in [-0.15, -0.1) is 0 Å². The Hall–Kier alpha value is -1.17. The highest BCUT2D eigenvalue weighted by Gasteiger charge is 2.09. The highest BCUT2D eigenvalue weighted by atomic mass is 79.9. The van der Waals surface area contributed by atoms with E-state index in [2.05, 4.69) is 26.0 Å². The number of anilines is 1. The molecule has 3 nitrogen and oxygen atoms in total. The van der Waals surface area contributed by atoms with Gasteiger partial charge in [0.1, 0.15) is 0 Å². The molecule has 1 aromatic rings. The first kappa shape index (κ1) is 10.9. The van der Waals surface area contributed by atoms with Gasteiger partial charge < -0.3 is 10.1 Å². The van der Waals surface area contributed by atoms with E-state index >= 15 is 0 Å². The second kappa shape index (κ2) is 4.90. The van der Waals surface area contributed by atoms with Crippen molar-refractivity contribution < 1.29 is 18.3 Å². The Morgan fingerprint density at radius 3 is 2.79 bits per heavy atom. The Bertz CT molecular complexity index is 333. The molecule has 0 bridgehead atoms. The quantitative estimate of drug-likeness (QED) is 0.850. The fourth-order valence-electron chi connectivity index (χ4n) is 0.872. The lowest BCUT2D eigenvalue weighted by Crippen LogP contribution is -2.05. The molecule has 1 aromatic carbocycles. The molecule has 0 atom stereocenters. The van der Waals surface area contributed by atoms with Gasteiger partial charge in [-0.3, -0.25) is 4.79 Å². The lowest BCUT2D eigenvalue weighted by Gasteiger charge is -2.09. The smallest absolute Gasteiger partial charge is 0.387 e. The van der Waals surface area contributed by atoms with E-state index in [4.69, 9.17) is 0 Å². The summed E-state index contributed by atoms with van der Waals surface area (Å²) in [5.41, 5.74) is 0.198.